The topological polar surface area (TPSA) is 237 Å². The van der Waals surface area contributed by atoms with Gasteiger partial charge >= 0.3 is 39.5 Å². The highest BCUT2D eigenvalue weighted by molar-refractivity contribution is 7.47. The number of hydrogen-bond donors (Lipinski definition) is 3. The predicted molar refractivity (Wildman–Crippen MR) is 418 cm³/mol. The number of hydrogen-bond acceptors (Lipinski definition) is 15. The van der Waals surface area contributed by atoms with Gasteiger partial charge in [-0.2, -0.15) is 0 Å². The minimum Gasteiger partial charge on any atom is -0.462 e. The summed E-state index contributed by atoms with van der Waals surface area (Å²) in [6, 6.07) is 0. The summed E-state index contributed by atoms with van der Waals surface area (Å²) in [5, 5.41) is 10.6. The molecule has 0 saturated heterocycles. The average molecular weight is 1470 g/mol. The summed E-state index contributed by atoms with van der Waals surface area (Å²) in [6.07, 6.45) is 81.9. The molecule has 0 aliphatic heterocycles. The number of carbonyl (C=O) groups excluding carboxylic acids is 4. The molecule has 102 heavy (non-hydrogen) atoms. The summed E-state index contributed by atoms with van der Waals surface area (Å²) in [5.74, 6) is -2.30. The van der Waals surface area contributed by atoms with Crippen LogP contribution >= 0.6 is 15.6 Å². The number of phosphoric ester groups is 2. The van der Waals surface area contributed by atoms with Gasteiger partial charge in [-0.15, -0.1) is 0 Å². The third-order valence-corrected chi connectivity index (χ3v) is 18.3. The molecule has 0 bridgehead atoms. The van der Waals surface area contributed by atoms with Crippen LogP contribution in [0.1, 0.15) is 323 Å². The van der Waals surface area contributed by atoms with Crippen molar-refractivity contribution in [3.63, 3.8) is 0 Å². The lowest BCUT2D eigenvalue weighted by Gasteiger charge is -2.21. The van der Waals surface area contributed by atoms with E-state index in [9.17, 15) is 43.2 Å². The van der Waals surface area contributed by atoms with Crippen molar-refractivity contribution in [3.05, 3.63) is 122 Å². The zero-order valence-electron chi connectivity index (χ0n) is 64.0. The van der Waals surface area contributed by atoms with Crippen molar-refractivity contribution in [3.8, 4) is 0 Å². The number of aliphatic hydroxyl groups excluding tert-OH is 1. The molecule has 0 rings (SSSR count). The van der Waals surface area contributed by atoms with Crippen molar-refractivity contribution in [2.24, 2.45) is 0 Å². The second kappa shape index (κ2) is 74.7. The molecule has 19 heteroatoms. The zero-order valence-corrected chi connectivity index (χ0v) is 65.8. The van der Waals surface area contributed by atoms with Crippen LogP contribution in [0.15, 0.2) is 122 Å². The Kier molecular flexibility index (Phi) is 71.4. The van der Waals surface area contributed by atoms with Crippen LogP contribution in [-0.2, 0) is 65.4 Å². The first-order chi connectivity index (χ1) is 49.7. The Labute approximate surface area is 619 Å². The molecule has 0 aromatic carbocycles. The first kappa shape index (κ1) is 97.5. The van der Waals surface area contributed by atoms with Gasteiger partial charge in [0, 0.05) is 25.7 Å². The maximum absolute atomic E-state index is 13.1. The fourth-order valence-electron chi connectivity index (χ4n) is 10.3. The molecule has 3 N–H and O–H groups in total. The second-order valence-electron chi connectivity index (χ2n) is 26.3. The molecule has 0 spiro atoms. The summed E-state index contributed by atoms with van der Waals surface area (Å²) in [5.41, 5.74) is 0. The lowest BCUT2D eigenvalue weighted by molar-refractivity contribution is -0.161. The van der Waals surface area contributed by atoms with E-state index in [0.717, 1.165) is 161 Å². The van der Waals surface area contributed by atoms with Crippen LogP contribution in [0.5, 0.6) is 0 Å². The molecular weight excluding hydrogens is 1330 g/mol. The Morgan fingerprint density at radius 2 is 0.549 bits per heavy atom. The van der Waals surface area contributed by atoms with Crippen LogP contribution in [0.25, 0.3) is 0 Å². The van der Waals surface area contributed by atoms with Gasteiger partial charge in [-0.25, -0.2) is 9.13 Å². The van der Waals surface area contributed by atoms with E-state index < -0.39 is 97.5 Å². The smallest absolute Gasteiger partial charge is 0.462 e. The van der Waals surface area contributed by atoms with Gasteiger partial charge in [0.05, 0.1) is 26.4 Å². The number of rotatable bonds is 74. The fraction of sp³-hybridized carbons (Fsp3) is 0.711. The third kappa shape index (κ3) is 73.8. The minimum absolute atomic E-state index is 0.0307. The van der Waals surface area contributed by atoms with Crippen molar-refractivity contribution in [1.29, 1.82) is 0 Å². The molecule has 0 heterocycles. The molecular formula is C83H142O17P2. The van der Waals surface area contributed by atoms with Gasteiger partial charge in [0.15, 0.2) is 12.2 Å². The maximum Gasteiger partial charge on any atom is 0.472 e. The highest BCUT2D eigenvalue weighted by Gasteiger charge is 2.30. The van der Waals surface area contributed by atoms with E-state index in [-0.39, 0.29) is 25.7 Å². The Bertz CT molecular complexity index is 2410. The molecule has 5 atom stereocenters. The molecule has 0 radical (unpaired) electrons. The van der Waals surface area contributed by atoms with E-state index in [1.165, 1.54) is 77.0 Å². The quantitative estimate of drug-likeness (QED) is 0.0169. The zero-order chi connectivity index (χ0) is 74.6. The molecule has 0 amide bonds. The Morgan fingerprint density at radius 1 is 0.284 bits per heavy atom. The third-order valence-electron chi connectivity index (χ3n) is 16.4. The van der Waals surface area contributed by atoms with Crippen LogP contribution in [0, 0.1) is 0 Å². The maximum atomic E-state index is 13.1. The fourth-order valence-corrected chi connectivity index (χ4v) is 11.9. The van der Waals surface area contributed by atoms with Gasteiger partial charge in [-0.1, -0.05) is 278 Å². The monoisotopic (exact) mass is 1470 g/mol. The predicted octanol–water partition coefficient (Wildman–Crippen LogP) is 23.1. The van der Waals surface area contributed by atoms with E-state index in [2.05, 4.69) is 131 Å². The summed E-state index contributed by atoms with van der Waals surface area (Å²) in [6.45, 7) is 4.58. The number of esters is 4. The van der Waals surface area contributed by atoms with Crippen molar-refractivity contribution in [2.75, 3.05) is 39.6 Å². The summed E-state index contributed by atoms with van der Waals surface area (Å²) >= 11 is 0. The second-order valence-corrected chi connectivity index (χ2v) is 29.2. The van der Waals surface area contributed by atoms with Gasteiger partial charge < -0.3 is 33.8 Å². The number of aliphatic hydroxyl groups is 1. The first-order valence-corrected chi connectivity index (χ1v) is 42.8. The Hall–Kier alpha value is -4.54. The molecule has 5 unspecified atom stereocenters. The Morgan fingerprint density at radius 3 is 0.892 bits per heavy atom. The molecule has 0 aromatic heterocycles. The van der Waals surface area contributed by atoms with Gasteiger partial charge in [-0.05, 0) is 141 Å². The minimum atomic E-state index is -5.00. The molecule has 17 nitrogen and oxygen atoms in total. The first-order valence-electron chi connectivity index (χ1n) is 39.8. The van der Waals surface area contributed by atoms with Crippen molar-refractivity contribution in [2.45, 2.75) is 341 Å². The highest BCUT2D eigenvalue weighted by Crippen LogP contribution is 2.45. The molecule has 0 saturated carbocycles. The van der Waals surface area contributed by atoms with Gasteiger partial charge in [0.25, 0.3) is 0 Å². The summed E-state index contributed by atoms with van der Waals surface area (Å²) in [4.78, 5) is 72.9. The van der Waals surface area contributed by atoms with Crippen molar-refractivity contribution in [1.82, 2.24) is 0 Å². The van der Waals surface area contributed by atoms with Crippen molar-refractivity contribution >= 4 is 39.5 Å². The molecule has 0 aromatic rings. The largest absolute Gasteiger partial charge is 0.472 e. The van der Waals surface area contributed by atoms with E-state index in [4.69, 9.17) is 37.0 Å². The molecule has 586 valence electrons. The molecule has 0 aliphatic rings. The molecule has 0 fully saturated rings. The molecule has 0 aliphatic carbocycles. The van der Waals surface area contributed by atoms with E-state index >= 15 is 0 Å². The highest BCUT2D eigenvalue weighted by atomic mass is 31.2. The van der Waals surface area contributed by atoms with Crippen LogP contribution in [-0.4, -0.2) is 96.7 Å². The number of unbranched alkanes of at least 4 members (excludes halogenated alkanes) is 28. The summed E-state index contributed by atoms with van der Waals surface area (Å²) in [7, 11) is -9.98. The summed E-state index contributed by atoms with van der Waals surface area (Å²) < 4.78 is 68.5. The number of phosphoric acid groups is 2. The normalized spacial score (nSPS) is 14.5. The average Bonchev–Trinajstić information content (AvgIpc) is 0.908. The van der Waals surface area contributed by atoms with Crippen LogP contribution < -0.4 is 0 Å². The number of allylic oxidation sites excluding steroid dienone is 20. The van der Waals surface area contributed by atoms with Crippen LogP contribution in [0.4, 0.5) is 0 Å². The van der Waals surface area contributed by atoms with E-state index in [1.807, 2.05) is 18.2 Å². The van der Waals surface area contributed by atoms with E-state index in [0.29, 0.717) is 32.1 Å². The van der Waals surface area contributed by atoms with Gasteiger partial charge in [0.2, 0.25) is 0 Å². The van der Waals surface area contributed by atoms with Crippen molar-refractivity contribution < 1.29 is 80.2 Å². The van der Waals surface area contributed by atoms with Crippen LogP contribution in [0.2, 0.25) is 0 Å². The van der Waals surface area contributed by atoms with E-state index in [1.54, 1.807) is 0 Å². The Balaban J connectivity index is 5.42. The number of carbonyl (C=O) groups is 4. The van der Waals surface area contributed by atoms with Gasteiger partial charge in [-0.3, -0.25) is 37.3 Å². The SMILES string of the molecule is CC/C=C\C/C=C\C/C=C\C/C=C\C/C=C\C/C=C\CCC(=O)OCC(COP(=O)(O)OCC(O)COP(=O)(O)OCC(COC(=O)CCCCCCC/C=C\CCCCCCCC)OC(=O)CCCCCCC/C=C\CCCCCCCC)OC(=O)CCCCCCC/C=C\C/C=C\CCC. The van der Waals surface area contributed by atoms with Gasteiger partial charge in [0.1, 0.15) is 19.3 Å². The lowest BCUT2D eigenvalue weighted by atomic mass is 10.1. The number of ether oxygens (including phenoxy) is 4. The van der Waals surface area contributed by atoms with Crippen LogP contribution in [0.3, 0.4) is 0 Å². The lowest BCUT2D eigenvalue weighted by Crippen LogP contribution is -2.30. The standard InChI is InChI=1S/C83H142O17P2/c1-5-9-13-17-21-25-29-33-36-37-38-39-42-45-48-52-56-60-64-68-81(86)94-73-78(99-82(87)69-65-61-57-53-49-43-32-28-24-20-16-12-8-4)75-97-101(89,90)95-71-77(84)72-96-102(91,92)98-76-79(100-83(88)70-66-62-58-54-50-46-41-35-31-27-23-19-15-11-7-3)74-93-80(85)67-63-59-55-51-47-44-40-34-30-26-22-18-14-10-6-2/h9,13,16,20-21,25,28,32-36,38-41,45,48,56,60,77-79,84H,5-8,10-12,14-15,17-19,22-24,26-27,29-31,37,42-44,46-47,49-55,57-59,61-76H2,1-4H3,(H,89,90)(H,91,92)/b13-9-,20-16-,25-21-,32-28-,36-33-,39-38-,40-34-,41-35-,48-45-,60-56-.